The molecule has 2 saturated heterocycles. The molecule has 1 aromatic rings. The van der Waals surface area contributed by atoms with Crippen molar-refractivity contribution in [2.45, 2.75) is 19.3 Å². The van der Waals surface area contributed by atoms with E-state index in [-0.39, 0.29) is 23.5 Å². The van der Waals surface area contributed by atoms with Crippen molar-refractivity contribution in [3.63, 3.8) is 0 Å². The minimum atomic E-state index is -0.248. The van der Waals surface area contributed by atoms with E-state index < -0.39 is 0 Å². The molecule has 2 aliphatic rings. The minimum Gasteiger partial charge on any atom is -0.367 e. The van der Waals surface area contributed by atoms with Crippen molar-refractivity contribution in [2.24, 2.45) is 5.92 Å². The summed E-state index contributed by atoms with van der Waals surface area (Å²) in [6, 6.07) is 5.19. The molecule has 0 bridgehead atoms. The largest absolute Gasteiger partial charge is 0.367 e. The number of hydrogen-bond donors (Lipinski definition) is 2. The Bertz CT molecular complexity index is 585. The van der Waals surface area contributed by atoms with Crippen LogP contribution in [0.3, 0.4) is 0 Å². The van der Waals surface area contributed by atoms with Crippen LogP contribution in [-0.4, -0.2) is 38.0 Å². The number of amides is 2. The molecule has 2 amide bonds. The summed E-state index contributed by atoms with van der Waals surface area (Å²) in [5.41, 5.74) is 1.42. The van der Waals surface area contributed by atoms with Gasteiger partial charge in [0.25, 0.3) is 0 Å². The maximum atomic E-state index is 14.3. The van der Waals surface area contributed by atoms with Crippen LogP contribution in [0.4, 0.5) is 10.1 Å². The third kappa shape index (κ3) is 3.27. The second-order valence-corrected chi connectivity index (χ2v) is 5.87. The van der Waals surface area contributed by atoms with Gasteiger partial charge < -0.3 is 10.2 Å². The van der Waals surface area contributed by atoms with Crippen LogP contribution >= 0.6 is 0 Å². The fourth-order valence-corrected chi connectivity index (χ4v) is 3.06. The number of piperidine rings is 1. The van der Waals surface area contributed by atoms with Crippen LogP contribution in [0.2, 0.25) is 0 Å². The first-order chi connectivity index (χ1) is 10.6. The summed E-state index contributed by atoms with van der Waals surface area (Å²) in [4.78, 5) is 24.9. The van der Waals surface area contributed by atoms with Gasteiger partial charge in [-0.1, -0.05) is 6.07 Å². The monoisotopic (exact) mass is 305 g/mol. The van der Waals surface area contributed by atoms with Crippen molar-refractivity contribution in [2.75, 3.05) is 31.1 Å². The zero-order valence-corrected chi connectivity index (χ0v) is 12.4. The van der Waals surface area contributed by atoms with Crippen LogP contribution in [0, 0.1) is 11.7 Å². The quantitative estimate of drug-likeness (QED) is 0.812. The Kier molecular flexibility index (Phi) is 4.38. The molecule has 0 aliphatic carbocycles. The van der Waals surface area contributed by atoms with Crippen molar-refractivity contribution in [3.05, 3.63) is 29.6 Å². The fraction of sp³-hybridized carbons (Fsp3) is 0.500. The summed E-state index contributed by atoms with van der Waals surface area (Å²) in [6.45, 7) is 3.31. The number of benzene rings is 1. The van der Waals surface area contributed by atoms with E-state index in [1.54, 1.807) is 6.07 Å². The predicted octanol–water partition coefficient (Wildman–Crippen LogP) is 0.831. The Morgan fingerprint density at radius 3 is 2.68 bits per heavy atom. The molecule has 1 atom stereocenters. The molecule has 2 fully saturated rings. The number of carbonyl (C=O) groups excluding carboxylic acids is 2. The number of nitrogens with one attached hydrogen (secondary N) is 2. The van der Waals surface area contributed by atoms with E-state index in [0.717, 1.165) is 31.7 Å². The Balaban J connectivity index is 1.69. The fourth-order valence-electron chi connectivity index (χ4n) is 3.06. The van der Waals surface area contributed by atoms with Crippen molar-refractivity contribution in [1.29, 1.82) is 0 Å². The average molecular weight is 305 g/mol. The molecule has 1 aromatic carbocycles. The highest BCUT2D eigenvalue weighted by Gasteiger charge is 2.27. The molecule has 6 heteroatoms. The number of halogens is 1. The first-order valence-electron chi connectivity index (χ1n) is 7.71. The van der Waals surface area contributed by atoms with E-state index >= 15 is 0 Å². The van der Waals surface area contributed by atoms with Gasteiger partial charge in [0.15, 0.2) is 0 Å². The van der Waals surface area contributed by atoms with E-state index in [1.165, 1.54) is 6.07 Å². The summed E-state index contributed by atoms with van der Waals surface area (Å²) in [5, 5.41) is 5.58. The first kappa shape index (κ1) is 15.0. The van der Waals surface area contributed by atoms with Gasteiger partial charge in [0, 0.05) is 38.5 Å². The van der Waals surface area contributed by atoms with Gasteiger partial charge in [-0.2, -0.15) is 0 Å². The van der Waals surface area contributed by atoms with Crippen molar-refractivity contribution < 1.29 is 14.0 Å². The van der Waals surface area contributed by atoms with Gasteiger partial charge in [-0.15, -0.1) is 0 Å². The molecule has 0 saturated carbocycles. The van der Waals surface area contributed by atoms with Gasteiger partial charge in [-0.25, -0.2) is 4.39 Å². The van der Waals surface area contributed by atoms with Gasteiger partial charge >= 0.3 is 0 Å². The summed E-state index contributed by atoms with van der Waals surface area (Å²) in [7, 11) is 0. The van der Waals surface area contributed by atoms with Gasteiger partial charge in [0.2, 0.25) is 11.8 Å². The van der Waals surface area contributed by atoms with Crippen LogP contribution in [0.1, 0.15) is 18.4 Å². The maximum absolute atomic E-state index is 14.3. The molecule has 1 unspecified atom stereocenters. The van der Waals surface area contributed by atoms with Crippen molar-refractivity contribution in [3.8, 4) is 0 Å². The van der Waals surface area contributed by atoms with E-state index in [9.17, 15) is 14.0 Å². The summed E-state index contributed by atoms with van der Waals surface area (Å²) in [5.74, 6) is -0.960. The molecule has 0 spiro atoms. The molecule has 22 heavy (non-hydrogen) atoms. The Labute approximate surface area is 128 Å². The molecular formula is C16H20FN3O2. The maximum Gasteiger partial charge on any atom is 0.230 e. The lowest BCUT2D eigenvalue weighted by Gasteiger charge is -2.30. The van der Waals surface area contributed by atoms with Crippen molar-refractivity contribution >= 4 is 17.5 Å². The third-order valence-corrected chi connectivity index (χ3v) is 4.31. The molecule has 0 aromatic heterocycles. The number of hydrogen-bond acceptors (Lipinski definition) is 4. The first-order valence-corrected chi connectivity index (χ1v) is 7.71. The predicted molar refractivity (Wildman–Crippen MR) is 81.1 cm³/mol. The SMILES string of the molecule is O=C1CCC(Cc2ccc(N3CCNCC3)c(F)c2)C(=O)N1. The number of carbonyl (C=O) groups is 2. The Morgan fingerprint density at radius 1 is 1.23 bits per heavy atom. The molecule has 2 N–H and O–H groups in total. The van der Waals surface area contributed by atoms with Crippen molar-refractivity contribution in [1.82, 2.24) is 10.6 Å². The van der Waals surface area contributed by atoms with E-state index in [1.807, 2.05) is 11.0 Å². The van der Waals surface area contributed by atoms with Gasteiger partial charge in [-0.3, -0.25) is 14.9 Å². The zero-order chi connectivity index (χ0) is 15.5. The van der Waals surface area contributed by atoms with E-state index in [4.69, 9.17) is 0 Å². The second kappa shape index (κ2) is 6.44. The molecule has 5 nitrogen and oxygen atoms in total. The topological polar surface area (TPSA) is 61.4 Å². The number of imide groups is 1. The lowest BCUT2D eigenvalue weighted by Crippen LogP contribution is -2.43. The molecule has 2 aliphatic heterocycles. The van der Waals surface area contributed by atoms with Gasteiger partial charge in [-0.05, 0) is 30.5 Å². The lowest BCUT2D eigenvalue weighted by molar-refractivity contribution is -0.136. The summed E-state index contributed by atoms with van der Waals surface area (Å²) in [6.07, 6.45) is 1.36. The van der Waals surface area contributed by atoms with E-state index in [0.29, 0.717) is 24.9 Å². The highest BCUT2D eigenvalue weighted by molar-refractivity contribution is 5.98. The Morgan fingerprint density at radius 2 is 2.00 bits per heavy atom. The third-order valence-electron chi connectivity index (χ3n) is 4.31. The summed E-state index contributed by atoms with van der Waals surface area (Å²) >= 11 is 0. The van der Waals surface area contributed by atoms with Crippen LogP contribution in [-0.2, 0) is 16.0 Å². The molecule has 2 heterocycles. The average Bonchev–Trinajstić information content (AvgIpc) is 2.51. The van der Waals surface area contributed by atoms with Crippen LogP contribution in [0.25, 0.3) is 0 Å². The van der Waals surface area contributed by atoms with E-state index in [2.05, 4.69) is 10.6 Å². The summed E-state index contributed by atoms with van der Waals surface area (Å²) < 4.78 is 14.3. The van der Waals surface area contributed by atoms with Crippen LogP contribution in [0.15, 0.2) is 18.2 Å². The van der Waals surface area contributed by atoms with Gasteiger partial charge in [0.1, 0.15) is 5.82 Å². The minimum absolute atomic E-state index is 0.221. The highest BCUT2D eigenvalue weighted by Crippen LogP contribution is 2.24. The van der Waals surface area contributed by atoms with Crippen LogP contribution in [0.5, 0.6) is 0 Å². The smallest absolute Gasteiger partial charge is 0.230 e. The number of rotatable bonds is 3. The number of piperazine rings is 1. The molecular weight excluding hydrogens is 285 g/mol. The zero-order valence-electron chi connectivity index (χ0n) is 12.4. The molecule has 3 rings (SSSR count). The lowest BCUT2D eigenvalue weighted by atomic mass is 9.91. The van der Waals surface area contributed by atoms with Crippen LogP contribution < -0.4 is 15.5 Å². The molecule has 118 valence electrons. The Hall–Kier alpha value is -1.95. The number of nitrogens with zero attached hydrogens (tertiary/aromatic N) is 1. The van der Waals surface area contributed by atoms with Gasteiger partial charge in [0.05, 0.1) is 5.69 Å². The molecule has 0 radical (unpaired) electrons. The number of anilines is 1. The second-order valence-electron chi connectivity index (χ2n) is 5.87. The highest BCUT2D eigenvalue weighted by atomic mass is 19.1. The standard InChI is InChI=1S/C16H20FN3O2/c17-13-10-11(9-12-2-4-15(21)19-16(12)22)1-3-14(13)20-7-5-18-6-8-20/h1,3,10,12,18H,2,4-9H2,(H,19,21,22). The normalized spacial score (nSPS) is 22.6.